The lowest BCUT2D eigenvalue weighted by atomic mass is 9.96. The Morgan fingerprint density at radius 1 is 0.833 bits per heavy atom. The number of carbonyl (C=O) groups is 2. The van der Waals surface area contributed by atoms with Gasteiger partial charge in [0, 0.05) is 30.3 Å². The number of hydrogen-bond acceptors (Lipinski definition) is 4. The largest absolute Gasteiger partial charge is 0.482 e. The van der Waals surface area contributed by atoms with Crippen molar-refractivity contribution in [1.29, 1.82) is 0 Å². The van der Waals surface area contributed by atoms with E-state index in [1.165, 1.54) is 37.7 Å². The molecule has 0 bridgehead atoms. The number of carboxylic acid groups (broad SMARTS) is 1. The van der Waals surface area contributed by atoms with Crippen molar-refractivity contribution in [1.82, 2.24) is 15.8 Å². The molecule has 1 aliphatic carbocycles. The van der Waals surface area contributed by atoms with E-state index in [9.17, 15) is 9.59 Å². The third-order valence-electron chi connectivity index (χ3n) is 7.39. The summed E-state index contributed by atoms with van der Waals surface area (Å²) in [5.74, 6) is 5.94. The molecule has 0 heterocycles. The van der Waals surface area contributed by atoms with Gasteiger partial charge in [-0.3, -0.25) is 5.43 Å². The smallest absolute Gasteiger partial charge is 0.341 e. The molecule has 3 aromatic rings. The topological polar surface area (TPSA) is 90.9 Å². The molecule has 0 atom stereocenters. The number of aryl methyl sites for hydroxylation is 1. The van der Waals surface area contributed by atoms with E-state index in [0.29, 0.717) is 24.9 Å². The average molecular weight is 568 g/mol. The molecule has 0 aromatic heterocycles. The van der Waals surface area contributed by atoms with Gasteiger partial charge in [-0.25, -0.2) is 15.0 Å². The molecule has 42 heavy (non-hydrogen) atoms. The van der Waals surface area contributed by atoms with Gasteiger partial charge in [0.2, 0.25) is 0 Å². The number of unbranched alkanes of at least 4 members (excludes halogenated alkanes) is 1. The average Bonchev–Trinajstić information content (AvgIpc) is 3.02. The molecule has 1 aliphatic rings. The van der Waals surface area contributed by atoms with Gasteiger partial charge in [0.25, 0.3) is 0 Å². The molecule has 0 spiro atoms. The fourth-order valence-corrected chi connectivity index (χ4v) is 4.94. The minimum absolute atomic E-state index is 0.196. The van der Waals surface area contributed by atoms with E-state index in [0.717, 1.165) is 41.5 Å². The first-order chi connectivity index (χ1) is 20.5. The molecule has 1 saturated carbocycles. The molecule has 2 amide bonds. The lowest BCUT2D eigenvalue weighted by molar-refractivity contribution is -0.139. The van der Waals surface area contributed by atoms with Gasteiger partial charge in [-0.15, -0.1) is 0 Å². The number of carbonyl (C=O) groups excluding carboxylic acids is 1. The maximum atomic E-state index is 13.3. The van der Waals surface area contributed by atoms with Gasteiger partial charge < -0.3 is 14.7 Å². The van der Waals surface area contributed by atoms with Crippen LogP contribution in [0.3, 0.4) is 0 Å². The van der Waals surface area contributed by atoms with Crippen LogP contribution in [0.25, 0.3) is 0 Å². The van der Waals surface area contributed by atoms with Gasteiger partial charge in [-0.2, -0.15) is 0 Å². The maximum absolute atomic E-state index is 13.3. The number of nitrogens with zero attached hydrogens (tertiary/aromatic N) is 1. The summed E-state index contributed by atoms with van der Waals surface area (Å²) in [6.45, 7) is 2.61. The van der Waals surface area contributed by atoms with Crippen LogP contribution in [0.4, 0.5) is 4.79 Å². The highest BCUT2D eigenvalue weighted by molar-refractivity contribution is 5.73. The Morgan fingerprint density at radius 3 is 1.93 bits per heavy atom. The number of nitrogens with one attached hydrogen (secondary N) is 2. The number of carboxylic acids is 1. The standard InChI is InChI=1S/C35H41N3O4/c1-2-3-7-27-10-12-28(13-11-27)14-15-29-16-18-30(19-17-29)24-38(35(41)37-36-32-8-5-4-6-9-32)25-31-20-22-33(23-21-31)42-26-34(39)40/h10-13,16-23,32,36H,2-9,24-26H2,1H3,(H,37,41)(H,39,40). The third-order valence-corrected chi connectivity index (χ3v) is 7.39. The van der Waals surface area contributed by atoms with E-state index in [-0.39, 0.29) is 6.03 Å². The normalized spacial score (nSPS) is 13.1. The zero-order chi connectivity index (χ0) is 29.6. The molecular formula is C35H41N3O4. The second kappa shape index (κ2) is 16.2. The summed E-state index contributed by atoms with van der Waals surface area (Å²) in [5, 5.41) is 8.84. The zero-order valence-corrected chi connectivity index (χ0v) is 24.4. The fourth-order valence-electron chi connectivity index (χ4n) is 4.94. The van der Waals surface area contributed by atoms with E-state index in [2.05, 4.69) is 53.9 Å². The van der Waals surface area contributed by atoms with E-state index >= 15 is 0 Å². The van der Waals surface area contributed by atoms with Gasteiger partial charge >= 0.3 is 12.0 Å². The van der Waals surface area contributed by atoms with Crippen molar-refractivity contribution in [2.75, 3.05) is 6.61 Å². The second-order valence-electron chi connectivity index (χ2n) is 10.8. The Labute approximate surface area is 249 Å². The predicted molar refractivity (Wildman–Crippen MR) is 165 cm³/mol. The second-order valence-corrected chi connectivity index (χ2v) is 10.8. The minimum Gasteiger partial charge on any atom is -0.482 e. The van der Waals surface area contributed by atoms with Crippen molar-refractivity contribution in [3.05, 3.63) is 101 Å². The Morgan fingerprint density at radius 2 is 1.38 bits per heavy atom. The molecule has 0 saturated heterocycles. The maximum Gasteiger partial charge on any atom is 0.341 e. The Hall–Kier alpha value is -4.28. The first kappa shape index (κ1) is 30.7. The summed E-state index contributed by atoms with van der Waals surface area (Å²) in [6.07, 6.45) is 9.20. The summed E-state index contributed by atoms with van der Waals surface area (Å²) < 4.78 is 5.24. The summed E-state index contributed by atoms with van der Waals surface area (Å²) in [7, 11) is 0. The molecule has 0 radical (unpaired) electrons. The molecule has 220 valence electrons. The fraction of sp³-hybridized carbons (Fsp3) is 0.371. The van der Waals surface area contributed by atoms with Crippen LogP contribution in [-0.4, -0.2) is 34.7 Å². The van der Waals surface area contributed by atoms with Crippen molar-refractivity contribution < 1.29 is 19.4 Å². The van der Waals surface area contributed by atoms with Gasteiger partial charge in [0.15, 0.2) is 6.61 Å². The van der Waals surface area contributed by atoms with E-state index in [1.807, 2.05) is 36.4 Å². The number of hydrogen-bond donors (Lipinski definition) is 3. The lowest BCUT2D eigenvalue weighted by Crippen LogP contribution is -2.50. The Bertz CT molecular complexity index is 1340. The molecular weight excluding hydrogens is 526 g/mol. The van der Waals surface area contributed by atoms with Crippen LogP contribution in [0.1, 0.15) is 79.7 Å². The van der Waals surface area contributed by atoms with Gasteiger partial charge in [0.05, 0.1) is 0 Å². The predicted octanol–water partition coefficient (Wildman–Crippen LogP) is 6.44. The number of amides is 2. The summed E-state index contributed by atoms with van der Waals surface area (Å²) in [4.78, 5) is 25.8. The molecule has 4 rings (SSSR count). The molecule has 0 unspecified atom stereocenters. The number of urea groups is 1. The molecule has 1 fully saturated rings. The summed E-state index contributed by atoms with van der Waals surface area (Å²) >= 11 is 0. The van der Waals surface area contributed by atoms with Crippen LogP contribution < -0.4 is 15.6 Å². The highest BCUT2D eigenvalue weighted by Gasteiger charge is 2.18. The lowest BCUT2D eigenvalue weighted by Gasteiger charge is -2.27. The van der Waals surface area contributed by atoms with Crippen LogP contribution in [0.15, 0.2) is 72.8 Å². The molecule has 7 heteroatoms. The Kier molecular flexibility index (Phi) is 11.9. The van der Waals surface area contributed by atoms with Crippen LogP contribution in [-0.2, 0) is 24.3 Å². The molecule has 3 aromatic carbocycles. The van der Waals surface area contributed by atoms with Gasteiger partial charge in [0.1, 0.15) is 5.75 Å². The monoisotopic (exact) mass is 567 g/mol. The number of hydrazine groups is 1. The molecule has 7 nitrogen and oxygen atoms in total. The van der Waals surface area contributed by atoms with Crippen molar-refractivity contribution >= 4 is 12.0 Å². The van der Waals surface area contributed by atoms with Gasteiger partial charge in [-0.1, -0.05) is 80.8 Å². The summed E-state index contributed by atoms with van der Waals surface area (Å²) in [5.41, 5.74) is 11.3. The van der Waals surface area contributed by atoms with Crippen molar-refractivity contribution in [2.24, 2.45) is 0 Å². The number of rotatable bonds is 12. The molecule has 0 aliphatic heterocycles. The van der Waals surface area contributed by atoms with Crippen molar-refractivity contribution in [2.45, 2.75) is 77.4 Å². The summed E-state index contributed by atoms with van der Waals surface area (Å²) in [6, 6.07) is 23.7. The van der Waals surface area contributed by atoms with Crippen molar-refractivity contribution in [3.63, 3.8) is 0 Å². The number of ether oxygens (including phenoxy) is 1. The van der Waals surface area contributed by atoms with Crippen LogP contribution in [0.5, 0.6) is 5.75 Å². The van der Waals surface area contributed by atoms with Crippen LogP contribution in [0, 0.1) is 11.8 Å². The van der Waals surface area contributed by atoms with Crippen molar-refractivity contribution in [3.8, 4) is 17.6 Å². The van der Waals surface area contributed by atoms with Crippen LogP contribution in [0.2, 0.25) is 0 Å². The molecule has 3 N–H and O–H groups in total. The highest BCUT2D eigenvalue weighted by atomic mass is 16.5. The number of aliphatic carboxylic acids is 1. The first-order valence-electron chi connectivity index (χ1n) is 14.9. The SMILES string of the molecule is CCCCc1ccc(C#Cc2ccc(CN(Cc3ccc(OCC(=O)O)cc3)C(=O)NNC3CCCCC3)cc2)cc1. The van der Waals surface area contributed by atoms with E-state index < -0.39 is 12.6 Å². The Balaban J connectivity index is 1.40. The number of benzene rings is 3. The minimum atomic E-state index is -1.03. The first-order valence-corrected chi connectivity index (χ1v) is 14.9. The zero-order valence-electron chi connectivity index (χ0n) is 24.4. The quantitative estimate of drug-likeness (QED) is 0.173. The highest BCUT2D eigenvalue weighted by Crippen LogP contribution is 2.18. The van der Waals surface area contributed by atoms with Gasteiger partial charge in [-0.05, 0) is 78.8 Å². The van der Waals surface area contributed by atoms with E-state index in [4.69, 9.17) is 9.84 Å². The third kappa shape index (κ3) is 10.3. The van der Waals surface area contributed by atoms with Crippen LogP contribution >= 0.6 is 0 Å². The van der Waals surface area contributed by atoms with E-state index in [1.54, 1.807) is 17.0 Å².